The van der Waals surface area contributed by atoms with Gasteiger partial charge in [-0.1, -0.05) is 46.8 Å². The quantitative estimate of drug-likeness (QED) is 0.584. The summed E-state index contributed by atoms with van der Waals surface area (Å²) in [6.45, 7) is 15.4. The number of halogens is 1. The number of carbonyl (C=O) groups excluding carboxylic acids is 2. The molecule has 1 aromatic carbocycles. The normalized spacial score (nSPS) is 18.1. The summed E-state index contributed by atoms with van der Waals surface area (Å²) < 4.78 is 13.8. The summed E-state index contributed by atoms with van der Waals surface area (Å²) in [7, 11) is 0. The number of benzene rings is 1. The lowest BCUT2D eigenvalue weighted by Crippen LogP contribution is -2.55. The molecule has 0 saturated carbocycles. The van der Waals surface area contributed by atoms with Gasteiger partial charge in [0.2, 0.25) is 5.91 Å². The van der Waals surface area contributed by atoms with Gasteiger partial charge < -0.3 is 19.8 Å². The summed E-state index contributed by atoms with van der Waals surface area (Å²) in [5, 5.41) is 2.80. The smallest absolute Gasteiger partial charge is 0.270 e. The number of aryl methyl sites for hydroxylation is 1. The predicted octanol–water partition coefficient (Wildman–Crippen LogP) is 5.10. The molecule has 4 heterocycles. The van der Waals surface area contributed by atoms with Crippen molar-refractivity contribution in [1.29, 1.82) is 0 Å². The van der Waals surface area contributed by atoms with Gasteiger partial charge in [0, 0.05) is 57.3 Å². The molecule has 204 valence electrons. The molecule has 8 heteroatoms. The van der Waals surface area contributed by atoms with E-state index in [2.05, 4.69) is 30.3 Å². The molecule has 0 radical (unpaired) electrons. The average Bonchev–Trinajstić information content (AvgIpc) is 3.59. The average molecular weight is 514 g/mol. The Hall–Kier alpha value is -2.87. The van der Waals surface area contributed by atoms with E-state index >= 15 is 0 Å². The maximum atomic E-state index is 13.8. The number of amides is 2. The SMILES string of the molecule is CC.CCc1ccc(F)c2[nH]c(C(=O)N3CC(C)(C)C3)cc12.O=C(CCN1C=CCN1)N1CCCCC1. The lowest BCUT2D eigenvalue weighted by molar-refractivity contribution is -0.132. The van der Waals surface area contributed by atoms with Gasteiger partial charge in [-0.2, -0.15) is 0 Å². The van der Waals surface area contributed by atoms with Crippen LogP contribution in [-0.4, -0.2) is 70.9 Å². The molecule has 0 unspecified atom stereocenters. The Balaban J connectivity index is 0.000000200. The molecule has 0 aliphatic carbocycles. The first-order valence-electron chi connectivity index (χ1n) is 13.8. The molecule has 2 saturated heterocycles. The second kappa shape index (κ2) is 13.1. The van der Waals surface area contributed by atoms with Gasteiger partial charge in [0.25, 0.3) is 5.91 Å². The number of aromatic amines is 1. The number of H-pyrrole nitrogens is 1. The van der Waals surface area contributed by atoms with Crippen LogP contribution in [0.3, 0.4) is 0 Å². The number of hydrazine groups is 1. The molecule has 2 N–H and O–H groups in total. The fraction of sp³-hybridized carbons (Fsp3) is 0.586. The molecule has 2 aromatic rings. The van der Waals surface area contributed by atoms with E-state index in [9.17, 15) is 14.0 Å². The molecule has 5 rings (SSSR count). The largest absolute Gasteiger partial charge is 0.348 e. The van der Waals surface area contributed by atoms with Crippen LogP contribution in [0.2, 0.25) is 0 Å². The van der Waals surface area contributed by atoms with Crippen LogP contribution in [0.5, 0.6) is 0 Å². The summed E-state index contributed by atoms with van der Waals surface area (Å²) in [5.74, 6) is -0.0426. The number of nitrogens with one attached hydrogen (secondary N) is 2. The lowest BCUT2D eigenvalue weighted by atomic mass is 9.84. The molecule has 2 fully saturated rings. The number of fused-ring (bicyclic) bond motifs is 1. The molecule has 3 aliphatic heterocycles. The van der Waals surface area contributed by atoms with Crippen molar-refractivity contribution >= 4 is 22.7 Å². The van der Waals surface area contributed by atoms with Crippen molar-refractivity contribution in [1.82, 2.24) is 25.2 Å². The standard InChI is InChI=1S/C16H19FN2O.C11H19N3O.C2H6/c1-4-10-5-6-12(17)14-11(10)7-13(18-14)15(20)19-8-16(2,3)9-19;15-11(13-7-2-1-3-8-13)5-10-14-9-4-6-12-14;1-2/h5-7,18H,4,8-9H2,1-3H3;4,9,12H,1-3,5-8,10H2;1-2H3. The third-order valence-corrected chi connectivity index (χ3v) is 6.94. The minimum absolute atomic E-state index is 0.0398. The highest BCUT2D eigenvalue weighted by Crippen LogP contribution is 2.31. The highest BCUT2D eigenvalue weighted by Gasteiger charge is 2.38. The monoisotopic (exact) mass is 513 g/mol. The molecule has 2 amide bonds. The molecule has 1 aromatic heterocycles. The fourth-order valence-corrected chi connectivity index (χ4v) is 5.04. The Kier molecular flexibility index (Phi) is 10.1. The van der Waals surface area contributed by atoms with Crippen LogP contribution in [0.1, 0.15) is 76.4 Å². The van der Waals surface area contributed by atoms with Gasteiger partial charge in [-0.3, -0.25) is 9.59 Å². The number of aromatic nitrogens is 1. The zero-order chi connectivity index (χ0) is 27.0. The molecule has 0 atom stereocenters. The Bertz CT molecular complexity index is 1080. The number of hydrogen-bond acceptors (Lipinski definition) is 4. The maximum absolute atomic E-state index is 13.8. The van der Waals surface area contributed by atoms with Crippen molar-refractivity contribution < 1.29 is 14.0 Å². The zero-order valence-corrected chi connectivity index (χ0v) is 23.2. The van der Waals surface area contributed by atoms with Gasteiger partial charge in [0.05, 0.1) is 5.52 Å². The Morgan fingerprint density at radius 3 is 2.35 bits per heavy atom. The van der Waals surface area contributed by atoms with Crippen molar-refractivity contribution in [3.63, 3.8) is 0 Å². The van der Waals surface area contributed by atoms with Crippen molar-refractivity contribution in [3.8, 4) is 0 Å². The number of carbonyl (C=O) groups is 2. The predicted molar refractivity (Wildman–Crippen MR) is 148 cm³/mol. The van der Waals surface area contributed by atoms with Gasteiger partial charge in [0.15, 0.2) is 0 Å². The number of nitrogens with zero attached hydrogens (tertiary/aromatic N) is 3. The van der Waals surface area contributed by atoms with Gasteiger partial charge in [-0.05, 0) is 48.8 Å². The van der Waals surface area contributed by atoms with Crippen LogP contribution in [0.25, 0.3) is 10.9 Å². The summed E-state index contributed by atoms with van der Waals surface area (Å²) in [5.41, 5.74) is 5.34. The molecular formula is C29H44FN5O2. The van der Waals surface area contributed by atoms with E-state index < -0.39 is 0 Å². The Morgan fingerprint density at radius 1 is 1.05 bits per heavy atom. The topological polar surface area (TPSA) is 71.7 Å². The van der Waals surface area contributed by atoms with Crippen LogP contribution in [0, 0.1) is 11.2 Å². The van der Waals surface area contributed by atoms with Crippen molar-refractivity contribution in [2.45, 2.75) is 66.7 Å². The van der Waals surface area contributed by atoms with E-state index in [1.54, 1.807) is 17.0 Å². The highest BCUT2D eigenvalue weighted by molar-refractivity contribution is 5.99. The number of rotatable bonds is 5. The third-order valence-electron chi connectivity index (χ3n) is 6.94. The Labute approximate surface area is 221 Å². The van der Waals surface area contributed by atoms with Crippen LogP contribution < -0.4 is 5.43 Å². The van der Waals surface area contributed by atoms with Gasteiger partial charge in [-0.15, -0.1) is 0 Å². The second-order valence-electron chi connectivity index (χ2n) is 10.5. The van der Waals surface area contributed by atoms with E-state index in [1.807, 2.05) is 36.9 Å². The summed E-state index contributed by atoms with van der Waals surface area (Å²) in [6, 6.07) is 5.02. The molecule has 0 bridgehead atoms. The van der Waals surface area contributed by atoms with Gasteiger partial charge >= 0.3 is 0 Å². The van der Waals surface area contributed by atoms with E-state index in [0.717, 1.165) is 56.6 Å². The van der Waals surface area contributed by atoms with Crippen LogP contribution in [0.15, 0.2) is 30.5 Å². The van der Waals surface area contributed by atoms with E-state index in [4.69, 9.17) is 0 Å². The van der Waals surface area contributed by atoms with Crippen molar-refractivity contribution in [3.05, 3.63) is 47.5 Å². The molecule has 3 aliphatic rings. The first-order valence-corrected chi connectivity index (χ1v) is 13.8. The van der Waals surface area contributed by atoms with Crippen molar-refractivity contribution in [2.75, 3.05) is 39.3 Å². The maximum Gasteiger partial charge on any atom is 0.270 e. The van der Waals surface area contributed by atoms with Crippen molar-refractivity contribution in [2.24, 2.45) is 5.41 Å². The molecule has 7 nitrogen and oxygen atoms in total. The second-order valence-corrected chi connectivity index (χ2v) is 10.5. The molecule has 37 heavy (non-hydrogen) atoms. The minimum atomic E-state index is -0.305. The Morgan fingerprint density at radius 2 is 1.76 bits per heavy atom. The van der Waals surface area contributed by atoms with Gasteiger partial charge in [0.1, 0.15) is 11.5 Å². The number of likely N-dealkylation sites (tertiary alicyclic amines) is 2. The van der Waals surface area contributed by atoms with Crippen LogP contribution in [0.4, 0.5) is 4.39 Å². The van der Waals surface area contributed by atoms with E-state index in [-0.39, 0.29) is 17.1 Å². The first-order chi connectivity index (χ1) is 17.8. The minimum Gasteiger partial charge on any atom is -0.348 e. The number of piperidine rings is 1. The van der Waals surface area contributed by atoms with Gasteiger partial charge in [-0.25, -0.2) is 9.82 Å². The number of hydrogen-bond donors (Lipinski definition) is 2. The van der Waals surface area contributed by atoms with E-state index in [1.165, 1.54) is 25.3 Å². The fourth-order valence-electron chi connectivity index (χ4n) is 5.04. The molecule has 0 spiro atoms. The first kappa shape index (κ1) is 28.7. The lowest BCUT2D eigenvalue weighted by Gasteiger charge is -2.45. The highest BCUT2D eigenvalue weighted by atomic mass is 19.1. The summed E-state index contributed by atoms with van der Waals surface area (Å²) in [6.07, 6.45) is 9.13. The van der Waals surface area contributed by atoms with Crippen LogP contribution >= 0.6 is 0 Å². The molecular weight excluding hydrogens is 469 g/mol. The zero-order valence-electron chi connectivity index (χ0n) is 23.2. The third kappa shape index (κ3) is 7.34. The van der Waals surface area contributed by atoms with Crippen LogP contribution in [-0.2, 0) is 11.2 Å². The van der Waals surface area contributed by atoms with E-state index in [0.29, 0.717) is 23.5 Å². The summed E-state index contributed by atoms with van der Waals surface area (Å²) >= 11 is 0. The summed E-state index contributed by atoms with van der Waals surface area (Å²) in [4.78, 5) is 30.9.